The van der Waals surface area contributed by atoms with Gasteiger partial charge in [0.2, 0.25) is 0 Å². The van der Waals surface area contributed by atoms with Gasteiger partial charge in [0.05, 0.1) is 0 Å². The minimum Gasteiger partial charge on any atom is -0.463 e. The number of hydrogen-bond donors (Lipinski definition) is 0. The van der Waals surface area contributed by atoms with E-state index in [0.29, 0.717) is 6.32 Å². The van der Waals surface area contributed by atoms with E-state index in [2.05, 4.69) is 0 Å². The van der Waals surface area contributed by atoms with Crippen molar-refractivity contribution in [3.05, 3.63) is 0 Å². The van der Waals surface area contributed by atoms with Crippen molar-refractivity contribution in [1.82, 2.24) is 0 Å². The summed E-state index contributed by atoms with van der Waals surface area (Å²) in [7, 11) is -0.499. The topological polar surface area (TPSA) is 97.4 Å². The second kappa shape index (κ2) is 8.74. The molecule has 8 nitrogen and oxygen atoms in total. The summed E-state index contributed by atoms with van der Waals surface area (Å²) in [5, 5.41) is 0. The zero-order valence-electron chi connectivity index (χ0n) is 13.2. The Morgan fingerprint density at radius 1 is 1.05 bits per heavy atom. The summed E-state index contributed by atoms with van der Waals surface area (Å²) in [4.78, 5) is 33.1. The highest BCUT2D eigenvalue weighted by Crippen LogP contribution is 2.24. The third kappa shape index (κ3) is 6.02. The maximum absolute atomic E-state index is 11.2. The first-order chi connectivity index (χ1) is 10.3. The van der Waals surface area contributed by atoms with E-state index in [4.69, 9.17) is 23.5 Å². The molecular weight excluding hydrogens is 295 g/mol. The van der Waals surface area contributed by atoms with Crippen LogP contribution < -0.4 is 0 Å². The number of rotatable bonds is 7. The van der Waals surface area contributed by atoms with Gasteiger partial charge in [0.1, 0.15) is 25.4 Å². The van der Waals surface area contributed by atoms with Gasteiger partial charge in [-0.15, -0.1) is 0 Å². The van der Waals surface area contributed by atoms with Crippen molar-refractivity contribution in [2.24, 2.45) is 0 Å². The van der Waals surface area contributed by atoms with Crippen molar-refractivity contribution in [2.75, 3.05) is 13.2 Å². The number of esters is 3. The minimum atomic E-state index is -0.835. The minimum absolute atomic E-state index is 0.0334. The van der Waals surface area contributed by atoms with Crippen molar-refractivity contribution in [3.8, 4) is 0 Å². The summed E-state index contributed by atoms with van der Waals surface area (Å²) >= 11 is 0. The normalized spacial score (nSPS) is 22.1. The van der Waals surface area contributed by atoms with Crippen LogP contribution in [0.15, 0.2) is 0 Å². The van der Waals surface area contributed by atoms with Crippen LogP contribution in [0, 0.1) is 0 Å². The molecule has 22 heavy (non-hydrogen) atoms. The molecule has 1 aliphatic heterocycles. The van der Waals surface area contributed by atoms with E-state index in [-0.39, 0.29) is 13.2 Å². The molecule has 0 amide bonds. The Bertz CT molecular complexity index is 413. The van der Waals surface area contributed by atoms with Crippen molar-refractivity contribution in [3.63, 3.8) is 0 Å². The number of carbonyl (C=O) groups is 3. The quantitative estimate of drug-likeness (QED) is 0.377. The highest BCUT2D eigenvalue weighted by Gasteiger charge is 2.45. The highest BCUT2D eigenvalue weighted by molar-refractivity contribution is 6.45. The van der Waals surface area contributed by atoms with Crippen LogP contribution in [-0.2, 0) is 37.9 Å². The summed E-state index contributed by atoms with van der Waals surface area (Å²) in [5.74, 6) is -1.49. The Morgan fingerprint density at radius 2 is 1.68 bits per heavy atom. The molecule has 1 aliphatic rings. The molecule has 3 atom stereocenters. The van der Waals surface area contributed by atoms with E-state index < -0.39 is 43.3 Å². The molecule has 0 aliphatic carbocycles. The molecule has 124 valence electrons. The van der Waals surface area contributed by atoms with Crippen LogP contribution in [0.1, 0.15) is 27.7 Å². The van der Waals surface area contributed by atoms with Crippen LogP contribution >= 0.6 is 0 Å². The predicted molar refractivity (Wildman–Crippen MR) is 74.8 cm³/mol. The lowest BCUT2D eigenvalue weighted by molar-refractivity contribution is -0.165. The average Bonchev–Trinajstić information content (AvgIpc) is 2.83. The standard InChI is InChI=1S/C13H21BO8/c1-5-14-21-12(7-19-9(3)16)13(22-14)11(20-10(4)17)6-18-8(2)15/h11-13H,5-7H2,1-4H3/t11-,12-,13-/m0/s1. The first-order valence-corrected chi connectivity index (χ1v) is 7.08. The lowest BCUT2D eigenvalue weighted by atomic mass is 9.87. The third-order valence-corrected chi connectivity index (χ3v) is 2.92. The van der Waals surface area contributed by atoms with E-state index in [9.17, 15) is 14.4 Å². The smallest absolute Gasteiger partial charge is 0.457 e. The maximum atomic E-state index is 11.2. The van der Waals surface area contributed by atoms with E-state index >= 15 is 0 Å². The van der Waals surface area contributed by atoms with E-state index in [1.54, 1.807) is 0 Å². The van der Waals surface area contributed by atoms with Crippen LogP contribution in [0.4, 0.5) is 0 Å². The monoisotopic (exact) mass is 316 g/mol. The predicted octanol–water partition coefficient (Wildman–Crippen LogP) is 0.336. The number of hydrogen-bond acceptors (Lipinski definition) is 8. The van der Waals surface area contributed by atoms with Crippen molar-refractivity contribution >= 4 is 25.0 Å². The SMILES string of the molecule is CCB1O[C@@H]([C@H](COC(C)=O)OC(C)=O)[C@H](COC(C)=O)O1. The molecule has 0 N–H and O–H groups in total. The first-order valence-electron chi connectivity index (χ1n) is 7.08. The van der Waals surface area contributed by atoms with Gasteiger partial charge in [-0.25, -0.2) is 0 Å². The Labute approximate surface area is 129 Å². The summed E-state index contributed by atoms with van der Waals surface area (Å²) in [6, 6.07) is 0. The first kappa shape index (κ1) is 18.4. The molecule has 0 aromatic heterocycles. The van der Waals surface area contributed by atoms with Crippen LogP contribution in [0.25, 0.3) is 0 Å². The molecule has 0 unspecified atom stereocenters. The van der Waals surface area contributed by atoms with Crippen LogP contribution in [0.2, 0.25) is 6.32 Å². The van der Waals surface area contributed by atoms with Crippen molar-refractivity contribution < 1.29 is 37.9 Å². The Kier molecular flexibility index (Phi) is 7.33. The van der Waals surface area contributed by atoms with Gasteiger partial charge in [-0.2, -0.15) is 0 Å². The van der Waals surface area contributed by atoms with Crippen LogP contribution in [0.5, 0.6) is 0 Å². The molecule has 1 rings (SSSR count). The molecule has 1 fully saturated rings. The van der Waals surface area contributed by atoms with Crippen molar-refractivity contribution in [2.45, 2.75) is 52.3 Å². The molecule has 1 saturated heterocycles. The molecule has 0 spiro atoms. The number of carbonyl (C=O) groups excluding carboxylic acids is 3. The summed E-state index contributed by atoms with van der Waals surface area (Å²) in [6.07, 6.45) is -1.55. The van der Waals surface area contributed by atoms with Crippen molar-refractivity contribution in [1.29, 1.82) is 0 Å². The van der Waals surface area contributed by atoms with Gasteiger partial charge < -0.3 is 23.5 Å². The number of ether oxygens (including phenoxy) is 3. The van der Waals surface area contributed by atoms with Gasteiger partial charge in [0.15, 0.2) is 6.10 Å². The van der Waals surface area contributed by atoms with Gasteiger partial charge in [-0.1, -0.05) is 6.92 Å². The van der Waals surface area contributed by atoms with Gasteiger partial charge in [-0.05, 0) is 6.32 Å². The fourth-order valence-corrected chi connectivity index (χ4v) is 2.03. The second-order valence-corrected chi connectivity index (χ2v) is 4.87. The molecule has 0 radical (unpaired) electrons. The van der Waals surface area contributed by atoms with Crippen LogP contribution in [0.3, 0.4) is 0 Å². The van der Waals surface area contributed by atoms with Gasteiger partial charge in [0, 0.05) is 20.8 Å². The summed E-state index contributed by atoms with van der Waals surface area (Å²) in [6.45, 7) is 5.45. The zero-order valence-corrected chi connectivity index (χ0v) is 13.2. The highest BCUT2D eigenvalue weighted by atomic mass is 16.7. The Hall–Kier alpha value is -1.61. The molecule has 1 heterocycles. The molecule has 0 saturated carbocycles. The second-order valence-electron chi connectivity index (χ2n) is 4.87. The summed E-state index contributed by atoms with van der Waals surface area (Å²) in [5.41, 5.74) is 0. The zero-order chi connectivity index (χ0) is 16.7. The fraction of sp³-hybridized carbons (Fsp3) is 0.769. The van der Waals surface area contributed by atoms with Gasteiger partial charge in [-0.3, -0.25) is 14.4 Å². The Balaban J connectivity index is 2.78. The lowest BCUT2D eigenvalue weighted by Crippen LogP contribution is -2.43. The third-order valence-electron chi connectivity index (χ3n) is 2.92. The molecule has 0 bridgehead atoms. The fourth-order valence-electron chi connectivity index (χ4n) is 2.03. The molecule has 0 aromatic carbocycles. The molecule has 9 heteroatoms. The van der Waals surface area contributed by atoms with Crippen LogP contribution in [-0.4, -0.2) is 56.6 Å². The average molecular weight is 316 g/mol. The summed E-state index contributed by atoms with van der Waals surface area (Å²) < 4.78 is 26.3. The molecule has 0 aromatic rings. The van der Waals surface area contributed by atoms with Gasteiger partial charge >= 0.3 is 25.0 Å². The largest absolute Gasteiger partial charge is 0.463 e. The van der Waals surface area contributed by atoms with Gasteiger partial charge in [0.25, 0.3) is 0 Å². The maximum Gasteiger partial charge on any atom is 0.457 e. The van der Waals surface area contributed by atoms with E-state index in [1.165, 1.54) is 20.8 Å². The molecular formula is C13H21BO8. The van der Waals surface area contributed by atoms with E-state index in [0.717, 1.165) is 0 Å². The van der Waals surface area contributed by atoms with E-state index in [1.807, 2.05) is 6.92 Å². The lowest BCUT2D eigenvalue weighted by Gasteiger charge is -2.26. The Morgan fingerprint density at radius 3 is 2.18 bits per heavy atom.